The molecule has 0 aromatic heterocycles. The second kappa shape index (κ2) is 7.24. The summed E-state index contributed by atoms with van der Waals surface area (Å²) in [5.74, 6) is 0. The Balaban J connectivity index is 2.17. The molecule has 1 atom stereocenters. The maximum absolute atomic E-state index is 6.01. The maximum Gasteiger partial charge on any atom is 0.0834 e. The van der Waals surface area contributed by atoms with Gasteiger partial charge in [0.05, 0.1) is 5.60 Å². The summed E-state index contributed by atoms with van der Waals surface area (Å²) in [6.07, 6.45) is 7.22. The van der Waals surface area contributed by atoms with Crippen LogP contribution in [0.4, 0.5) is 0 Å². The number of aryl methyl sites for hydroxylation is 1. The van der Waals surface area contributed by atoms with Crippen LogP contribution in [0.25, 0.3) is 0 Å². The molecule has 20 heavy (non-hydrogen) atoms. The molecule has 2 heteroatoms. The Kier molecular flexibility index (Phi) is 5.62. The van der Waals surface area contributed by atoms with Gasteiger partial charge >= 0.3 is 0 Å². The lowest BCUT2D eigenvalue weighted by Crippen LogP contribution is -2.52. The van der Waals surface area contributed by atoms with Crippen molar-refractivity contribution in [3.63, 3.8) is 0 Å². The molecule has 1 unspecified atom stereocenters. The second-order valence-electron chi connectivity index (χ2n) is 6.11. The van der Waals surface area contributed by atoms with Crippen LogP contribution < -0.4 is 5.32 Å². The number of methoxy groups -OCH3 is 1. The molecule has 0 heterocycles. The molecule has 1 aliphatic carbocycles. The Bertz CT molecular complexity index is 410. The predicted molar refractivity (Wildman–Crippen MR) is 85.2 cm³/mol. The van der Waals surface area contributed by atoms with E-state index in [9.17, 15) is 0 Å². The zero-order valence-electron chi connectivity index (χ0n) is 13.2. The number of benzene rings is 1. The first-order valence-electron chi connectivity index (χ1n) is 8.05. The van der Waals surface area contributed by atoms with Gasteiger partial charge in [-0.15, -0.1) is 0 Å². The van der Waals surface area contributed by atoms with Gasteiger partial charge in [-0.05, 0) is 50.3 Å². The van der Waals surface area contributed by atoms with Crippen LogP contribution in [-0.2, 0) is 11.2 Å². The fraction of sp³-hybridized carbons (Fsp3) is 0.667. The van der Waals surface area contributed by atoms with E-state index >= 15 is 0 Å². The first-order valence-corrected chi connectivity index (χ1v) is 8.05. The molecule has 0 spiro atoms. The van der Waals surface area contributed by atoms with Crippen LogP contribution in [0, 0.1) is 6.92 Å². The molecule has 0 amide bonds. The van der Waals surface area contributed by atoms with Crippen LogP contribution in [0.2, 0.25) is 0 Å². The minimum atomic E-state index is 0.0391. The molecular weight excluding hydrogens is 246 g/mol. The third-order valence-electron chi connectivity index (χ3n) is 4.82. The molecule has 2 nitrogen and oxygen atoms in total. The van der Waals surface area contributed by atoms with E-state index in [2.05, 4.69) is 43.4 Å². The van der Waals surface area contributed by atoms with E-state index in [4.69, 9.17) is 4.74 Å². The second-order valence-corrected chi connectivity index (χ2v) is 6.11. The summed E-state index contributed by atoms with van der Waals surface area (Å²) in [6.45, 7) is 5.51. The molecule has 112 valence electrons. The van der Waals surface area contributed by atoms with Crippen molar-refractivity contribution in [1.29, 1.82) is 0 Å². The van der Waals surface area contributed by atoms with Gasteiger partial charge in [0.25, 0.3) is 0 Å². The Labute approximate surface area is 123 Å². The molecule has 0 radical (unpaired) electrons. The minimum Gasteiger partial charge on any atom is -0.377 e. The van der Waals surface area contributed by atoms with Crippen LogP contribution >= 0.6 is 0 Å². The molecule has 1 saturated carbocycles. The van der Waals surface area contributed by atoms with Gasteiger partial charge in [0, 0.05) is 13.2 Å². The zero-order valence-corrected chi connectivity index (χ0v) is 13.2. The molecule has 1 aliphatic rings. The molecule has 0 aliphatic heterocycles. The molecule has 1 aromatic rings. The number of ether oxygens (including phenoxy) is 1. The minimum absolute atomic E-state index is 0.0391. The van der Waals surface area contributed by atoms with E-state index in [-0.39, 0.29) is 5.60 Å². The normalized spacial score (nSPS) is 19.1. The first-order chi connectivity index (χ1) is 9.72. The molecular formula is C18H29NO. The molecule has 1 aromatic carbocycles. The van der Waals surface area contributed by atoms with Crippen molar-refractivity contribution >= 4 is 0 Å². The average Bonchev–Trinajstić information content (AvgIpc) is 2.95. The summed E-state index contributed by atoms with van der Waals surface area (Å²) in [4.78, 5) is 0. The van der Waals surface area contributed by atoms with Gasteiger partial charge in [0.15, 0.2) is 0 Å². The van der Waals surface area contributed by atoms with Crippen molar-refractivity contribution in [3.05, 3.63) is 35.4 Å². The lowest BCUT2D eigenvalue weighted by molar-refractivity contribution is -0.0355. The Morgan fingerprint density at radius 1 is 1.25 bits per heavy atom. The monoisotopic (exact) mass is 275 g/mol. The summed E-state index contributed by atoms with van der Waals surface area (Å²) in [7, 11) is 1.89. The number of rotatable bonds is 7. The van der Waals surface area contributed by atoms with Crippen LogP contribution in [0.3, 0.4) is 0 Å². The van der Waals surface area contributed by atoms with E-state index in [1.807, 2.05) is 7.11 Å². The van der Waals surface area contributed by atoms with Crippen molar-refractivity contribution in [3.8, 4) is 0 Å². The predicted octanol–water partition coefficient (Wildman–Crippen LogP) is 3.86. The lowest BCUT2D eigenvalue weighted by atomic mass is 9.86. The quantitative estimate of drug-likeness (QED) is 0.815. The SMILES string of the molecule is CCCNC(Cc1ccccc1C)C1(OC)CCCC1. The van der Waals surface area contributed by atoms with Gasteiger partial charge in [-0.1, -0.05) is 44.0 Å². The van der Waals surface area contributed by atoms with E-state index in [1.54, 1.807) is 0 Å². The van der Waals surface area contributed by atoms with Gasteiger partial charge in [-0.2, -0.15) is 0 Å². The fourth-order valence-corrected chi connectivity index (χ4v) is 3.49. The molecule has 0 bridgehead atoms. The van der Waals surface area contributed by atoms with Crippen LogP contribution in [0.1, 0.15) is 50.2 Å². The van der Waals surface area contributed by atoms with Crippen LogP contribution in [0.15, 0.2) is 24.3 Å². The molecule has 1 N–H and O–H groups in total. The van der Waals surface area contributed by atoms with Crippen LogP contribution in [0.5, 0.6) is 0 Å². The number of nitrogens with one attached hydrogen (secondary N) is 1. The van der Waals surface area contributed by atoms with Gasteiger partial charge in [0.2, 0.25) is 0 Å². The van der Waals surface area contributed by atoms with Crippen molar-refractivity contribution in [2.24, 2.45) is 0 Å². The van der Waals surface area contributed by atoms with Gasteiger partial charge < -0.3 is 10.1 Å². The fourth-order valence-electron chi connectivity index (χ4n) is 3.49. The highest BCUT2D eigenvalue weighted by atomic mass is 16.5. The van der Waals surface area contributed by atoms with E-state index in [1.165, 1.54) is 43.2 Å². The zero-order chi connectivity index (χ0) is 14.4. The third kappa shape index (κ3) is 3.42. The van der Waals surface area contributed by atoms with E-state index in [0.29, 0.717) is 6.04 Å². The highest BCUT2D eigenvalue weighted by Crippen LogP contribution is 2.37. The van der Waals surface area contributed by atoms with Gasteiger partial charge in [0.1, 0.15) is 0 Å². The van der Waals surface area contributed by atoms with Crippen molar-refractivity contribution < 1.29 is 4.74 Å². The summed E-state index contributed by atoms with van der Waals surface area (Å²) in [5, 5.41) is 3.75. The smallest absolute Gasteiger partial charge is 0.0834 e. The van der Waals surface area contributed by atoms with Crippen LogP contribution in [-0.4, -0.2) is 25.3 Å². The highest BCUT2D eigenvalue weighted by Gasteiger charge is 2.41. The van der Waals surface area contributed by atoms with Gasteiger partial charge in [-0.3, -0.25) is 0 Å². The number of hydrogen-bond acceptors (Lipinski definition) is 2. The standard InChI is InChI=1S/C18H29NO/c1-4-13-19-17(18(20-3)11-7-8-12-18)14-16-10-6-5-9-15(16)2/h5-6,9-10,17,19H,4,7-8,11-14H2,1-3H3. The highest BCUT2D eigenvalue weighted by molar-refractivity contribution is 5.27. The molecule has 2 rings (SSSR count). The topological polar surface area (TPSA) is 21.3 Å². The first kappa shape index (κ1) is 15.5. The van der Waals surface area contributed by atoms with Gasteiger partial charge in [-0.25, -0.2) is 0 Å². The maximum atomic E-state index is 6.01. The average molecular weight is 275 g/mol. The Morgan fingerprint density at radius 3 is 2.55 bits per heavy atom. The Hall–Kier alpha value is -0.860. The summed E-state index contributed by atoms with van der Waals surface area (Å²) < 4.78 is 6.01. The number of hydrogen-bond donors (Lipinski definition) is 1. The summed E-state index contributed by atoms with van der Waals surface area (Å²) in [6, 6.07) is 9.16. The largest absolute Gasteiger partial charge is 0.377 e. The lowest BCUT2D eigenvalue weighted by Gasteiger charge is -2.37. The van der Waals surface area contributed by atoms with E-state index < -0.39 is 0 Å². The molecule has 1 fully saturated rings. The van der Waals surface area contributed by atoms with Crippen molar-refractivity contribution in [2.75, 3.05) is 13.7 Å². The third-order valence-corrected chi connectivity index (χ3v) is 4.82. The molecule has 0 saturated heterocycles. The van der Waals surface area contributed by atoms with E-state index in [0.717, 1.165) is 13.0 Å². The van der Waals surface area contributed by atoms with Crippen molar-refractivity contribution in [1.82, 2.24) is 5.32 Å². The summed E-state index contributed by atoms with van der Waals surface area (Å²) in [5.41, 5.74) is 2.88. The summed E-state index contributed by atoms with van der Waals surface area (Å²) >= 11 is 0. The Morgan fingerprint density at radius 2 is 1.95 bits per heavy atom. The van der Waals surface area contributed by atoms with Crippen molar-refractivity contribution in [2.45, 2.75) is 64.0 Å².